The number of nitrogens with zero attached hydrogens (tertiary/aromatic N) is 1. The molecule has 1 unspecified atom stereocenters. The molecule has 2 aromatic carbocycles. The van der Waals surface area contributed by atoms with Crippen molar-refractivity contribution in [1.82, 2.24) is 10.2 Å². The quantitative estimate of drug-likeness (QED) is 0.719. The second-order valence-corrected chi connectivity index (χ2v) is 7.08. The Morgan fingerprint density at radius 1 is 1.04 bits per heavy atom. The molecule has 2 rings (SSSR count). The van der Waals surface area contributed by atoms with Crippen molar-refractivity contribution in [2.45, 2.75) is 32.4 Å². The second-order valence-electron chi connectivity index (χ2n) is 7.08. The molecule has 0 aliphatic rings. The molecule has 3 N–H and O–H groups in total. The summed E-state index contributed by atoms with van der Waals surface area (Å²) in [5.41, 5.74) is 10.3. The fourth-order valence-corrected chi connectivity index (χ4v) is 2.73. The Balaban J connectivity index is 0.00000338. The van der Waals surface area contributed by atoms with Gasteiger partial charge in [-0.3, -0.25) is 4.79 Å². The molecule has 1 amide bonds. The number of nitrogens with one attached hydrogen (secondary N) is 1. The maximum Gasteiger partial charge on any atom is 0.251 e. The van der Waals surface area contributed by atoms with E-state index in [-0.39, 0.29) is 36.8 Å². The van der Waals surface area contributed by atoms with Gasteiger partial charge in [0.25, 0.3) is 5.91 Å². The van der Waals surface area contributed by atoms with Gasteiger partial charge in [-0.15, -0.1) is 24.8 Å². The number of halogens is 2. The lowest BCUT2D eigenvalue weighted by molar-refractivity contribution is 0.0951. The van der Waals surface area contributed by atoms with Crippen LogP contribution >= 0.6 is 24.8 Å². The van der Waals surface area contributed by atoms with Gasteiger partial charge in [0.1, 0.15) is 0 Å². The molecule has 0 fully saturated rings. The van der Waals surface area contributed by atoms with Crippen molar-refractivity contribution in [2.75, 3.05) is 20.6 Å². The number of benzene rings is 2. The Labute approximate surface area is 175 Å². The van der Waals surface area contributed by atoms with Gasteiger partial charge in [-0.1, -0.05) is 50.2 Å². The highest BCUT2D eigenvalue weighted by Gasteiger charge is 2.11. The van der Waals surface area contributed by atoms with Crippen molar-refractivity contribution < 1.29 is 4.79 Å². The van der Waals surface area contributed by atoms with Gasteiger partial charge >= 0.3 is 0 Å². The van der Waals surface area contributed by atoms with Crippen LogP contribution in [0, 0.1) is 0 Å². The molecule has 1 atom stereocenters. The minimum Gasteiger partial charge on any atom is -0.350 e. The second kappa shape index (κ2) is 12.0. The summed E-state index contributed by atoms with van der Waals surface area (Å²) in [6, 6.07) is 15.8. The van der Waals surface area contributed by atoms with Gasteiger partial charge in [-0.25, -0.2) is 0 Å². The number of carbonyl (C=O) groups is 1. The average Bonchev–Trinajstić information content (AvgIpc) is 2.59. The molecule has 0 aliphatic heterocycles. The molecule has 27 heavy (non-hydrogen) atoms. The van der Waals surface area contributed by atoms with E-state index in [1.165, 1.54) is 5.56 Å². The Kier molecular flexibility index (Phi) is 11.3. The molecular formula is C21H31Cl2N3O. The standard InChI is InChI=1S/C21H29N3O.2ClH/c1-15(2)17-8-10-18(11-9-17)20(22)13-23-21(25)19-7-5-6-16(12-19)14-24(3)4;;/h5-12,15,20H,13-14,22H2,1-4H3,(H,23,25);2*1H. The molecular weight excluding hydrogens is 381 g/mol. The third-order valence-corrected chi connectivity index (χ3v) is 4.20. The van der Waals surface area contributed by atoms with Gasteiger partial charge < -0.3 is 16.0 Å². The van der Waals surface area contributed by atoms with Crippen molar-refractivity contribution in [1.29, 1.82) is 0 Å². The molecule has 0 aromatic heterocycles. The minimum atomic E-state index is -0.213. The first-order valence-corrected chi connectivity index (χ1v) is 8.74. The Hall–Kier alpha value is -1.59. The average molecular weight is 412 g/mol. The third-order valence-electron chi connectivity index (χ3n) is 4.20. The van der Waals surface area contributed by atoms with Crippen molar-refractivity contribution in [2.24, 2.45) is 5.73 Å². The topological polar surface area (TPSA) is 58.4 Å². The van der Waals surface area contributed by atoms with Crippen LogP contribution in [0.4, 0.5) is 0 Å². The smallest absolute Gasteiger partial charge is 0.251 e. The number of nitrogens with two attached hydrogens (primary N) is 1. The van der Waals surface area contributed by atoms with Crippen LogP contribution in [-0.4, -0.2) is 31.4 Å². The van der Waals surface area contributed by atoms with Crippen LogP contribution in [-0.2, 0) is 6.54 Å². The summed E-state index contributed by atoms with van der Waals surface area (Å²) >= 11 is 0. The molecule has 0 spiro atoms. The summed E-state index contributed by atoms with van der Waals surface area (Å²) in [4.78, 5) is 14.5. The van der Waals surface area contributed by atoms with Crippen LogP contribution in [0.2, 0.25) is 0 Å². The lowest BCUT2D eigenvalue weighted by Gasteiger charge is -2.15. The van der Waals surface area contributed by atoms with E-state index in [2.05, 4.69) is 36.2 Å². The summed E-state index contributed by atoms with van der Waals surface area (Å²) in [7, 11) is 4.02. The predicted octanol–water partition coefficient (Wildman–Crippen LogP) is 4.15. The molecule has 6 heteroatoms. The summed E-state index contributed by atoms with van der Waals surface area (Å²) in [6.45, 7) is 5.56. The van der Waals surface area contributed by atoms with E-state index in [4.69, 9.17) is 5.73 Å². The molecule has 0 radical (unpaired) electrons. The highest BCUT2D eigenvalue weighted by Crippen LogP contribution is 2.17. The lowest BCUT2D eigenvalue weighted by atomic mass is 9.99. The van der Waals surface area contributed by atoms with E-state index in [9.17, 15) is 4.79 Å². The van der Waals surface area contributed by atoms with Crippen molar-refractivity contribution in [3.05, 3.63) is 70.8 Å². The number of hydrogen-bond acceptors (Lipinski definition) is 3. The van der Waals surface area contributed by atoms with Gasteiger partial charge in [-0.2, -0.15) is 0 Å². The number of hydrogen-bond donors (Lipinski definition) is 2. The summed E-state index contributed by atoms with van der Waals surface area (Å²) < 4.78 is 0. The largest absolute Gasteiger partial charge is 0.350 e. The third kappa shape index (κ3) is 7.89. The monoisotopic (exact) mass is 411 g/mol. The predicted molar refractivity (Wildman–Crippen MR) is 118 cm³/mol. The van der Waals surface area contributed by atoms with Crippen LogP contribution in [0.1, 0.15) is 52.9 Å². The molecule has 2 aromatic rings. The summed E-state index contributed by atoms with van der Waals surface area (Å²) in [6.07, 6.45) is 0. The first-order chi connectivity index (χ1) is 11.9. The first-order valence-electron chi connectivity index (χ1n) is 8.74. The zero-order valence-electron chi connectivity index (χ0n) is 16.4. The maximum atomic E-state index is 12.4. The fourth-order valence-electron chi connectivity index (χ4n) is 2.73. The van der Waals surface area contributed by atoms with E-state index in [0.717, 1.165) is 17.7 Å². The van der Waals surface area contributed by atoms with Gasteiger partial charge in [0.15, 0.2) is 0 Å². The van der Waals surface area contributed by atoms with E-state index >= 15 is 0 Å². The lowest BCUT2D eigenvalue weighted by Crippen LogP contribution is -2.32. The molecule has 0 saturated carbocycles. The van der Waals surface area contributed by atoms with E-state index < -0.39 is 0 Å². The van der Waals surface area contributed by atoms with Gasteiger partial charge in [0, 0.05) is 24.7 Å². The minimum absolute atomic E-state index is 0. The Morgan fingerprint density at radius 3 is 2.19 bits per heavy atom. The van der Waals surface area contributed by atoms with Crippen LogP contribution < -0.4 is 11.1 Å². The normalized spacial score (nSPS) is 11.5. The molecule has 0 aliphatic carbocycles. The summed E-state index contributed by atoms with van der Waals surface area (Å²) in [5, 5.41) is 2.94. The zero-order valence-corrected chi connectivity index (χ0v) is 18.1. The fraction of sp³-hybridized carbons (Fsp3) is 0.381. The molecule has 0 bridgehead atoms. The highest BCUT2D eigenvalue weighted by atomic mass is 35.5. The SMILES string of the molecule is CC(C)c1ccc(C(N)CNC(=O)c2cccc(CN(C)C)c2)cc1.Cl.Cl. The number of carbonyl (C=O) groups excluding carboxylic acids is 1. The van der Waals surface area contributed by atoms with Crippen molar-refractivity contribution in [3.63, 3.8) is 0 Å². The Morgan fingerprint density at radius 2 is 1.63 bits per heavy atom. The van der Waals surface area contributed by atoms with Gasteiger partial charge in [0.2, 0.25) is 0 Å². The van der Waals surface area contributed by atoms with Crippen LogP contribution in [0.15, 0.2) is 48.5 Å². The Bertz CT molecular complexity index is 703. The van der Waals surface area contributed by atoms with Crippen molar-refractivity contribution in [3.8, 4) is 0 Å². The van der Waals surface area contributed by atoms with Gasteiger partial charge in [-0.05, 0) is 48.8 Å². The van der Waals surface area contributed by atoms with E-state index in [0.29, 0.717) is 18.0 Å². The highest BCUT2D eigenvalue weighted by molar-refractivity contribution is 5.94. The van der Waals surface area contributed by atoms with E-state index in [1.54, 1.807) is 0 Å². The first kappa shape index (κ1) is 25.4. The van der Waals surface area contributed by atoms with Crippen LogP contribution in [0.5, 0.6) is 0 Å². The summed E-state index contributed by atoms with van der Waals surface area (Å²) in [5.74, 6) is 0.411. The van der Waals surface area contributed by atoms with Crippen LogP contribution in [0.3, 0.4) is 0 Å². The van der Waals surface area contributed by atoms with Gasteiger partial charge in [0.05, 0.1) is 0 Å². The maximum absolute atomic E-state index is 12.4. The molecule has 0 heterocycles. The van der Waals surface area contributed by atoms with Crippen LogP contribution in [0.25, 0.3) is 0 Å². The molecule has 150 valence electrons. The van der Waals surface area contributed by atoms with E-state index in [1.807, 2.05) is 50.5 Å². The van der Waals surface area contributed by atoms with Crippen molar-refractivity contribution >= 4 is 30.7 Å². The molecule has 4 nitrogen and oxygen atoms in total. The zero-order chi connectivity index (χ0) is 18.4. The molecule has 0 saturated heterocycles. The number of amides is 1. The number of rotatable bonds is 7.